The van der Waals surface area contributed by atoms with Crippen molar-refractivity contribution in [2.75, 3.05) is 0 Å². The number of aryl methyl sites for hydroxylation is 1. The predicted octanol–water partition coefficient (Wildman–Crippen LogP) is 2.01. The molecule has 1 aromatic heterocycles. The van der Waals surface area contributed by atoms with E-state index in [2.05, 4.69) is 21.5 Å². The monoisotopic (exact) mass is 233 g/mol. The van der Waals surface area contributed by atoms with E-state index in [4.69, 9.17) is 0 Å². The lowest BCUT2D eigenvalue weighted by Crippen LogP contribution is -2.23. The molecular formula is C12H19N5. The van der Waals surface area contributed by atoms with E-state index in [1.54, 1.807) is 7.05 Å². The van der Waals surface area contributed by atoms with E-state index >= 15 is 0 Å². The summed E-state index contributed by atoms with van der Waals surface area (Å²) in [5, 5.41) is 21.5. The smallest absolute Gasteiger partial charge is 0.176 e. The Balaban J connectivity index is 2.09. The van der Waals surface area contributed by atoms with Crippen LogP contribution < -0.4 is 0 Å². The van der Waals surface area contributed by atoms with Crippen molar-refractivity contribution in [3.63, 3.8) is 0 Å². The summed E-state index contributed by atoms with van der Waals surface area (Å²) in [4.78, 5) is 1.46. The van der Waals surface area contributed by atoms with Crippen LogP contribution in [0.3, 0.4) is 0 Å². The van der Waals surface area contributed by atoms with E-state index in [0.717, 1.165) is 25.7 Å². The highest BCUT2D eigenvalue weighted by atomic mass is 15.6. The summed E-state index contributed by atoms with van der Waals surface area (Å²) in [5.74, 6) is 0.703. The molecule has 1 saturated carbocycles. The Bertz CT molecular complexity index is 395. The number of hydrogen-bond donors (Lipinski definition) is 0. The molecule has 0 aliphatic heterocycles. The van der Waals surface area contributed by atoms with Crippen LogP contribution in [0.4, 0.5) is 0 Å². The van der Waals surface area contributed by atoms with Gasteiger partial charge in [-0.25, -0.2) is 0 Å². The number of hydrogen-bond acceptors (Lipinski definition) is 4. The van der Waals surface area contributed by atoms with Crippen molar-refractivity contribution in [2.24, 2.45) is 12.5 Å². The number of rotatable bonds is 2. The molecule has 0 N–H and O–H groups in total. The van der Waals surface area contributed by atoms with Crippen LogP contribution in [0, 0.1) is 16.7 Å². The molecule has 1 heterocycles. The van der Waals surface area contributed by atoms with Gasteiger partial charge in [0.15, 0.2) is 5.82 Å². The van der Waals surface area contributed by atoms with Crippen LogP contribution in [0.1, 0.15) is 50.8 Å². The van der Waals surface area contributed by atoms with Crippen LogP contribution in [0.25, 0.3) is 0 Å². The zero-order valence-corrected chi connectivity index (χ0v) is 10.4. The van der Waals surface area contributed by atoms with Gasteiger partial charge in [-0.3, -0.25) is 0 Å². The highest BCUT2D eigenvalue weighted by molar-refractivity contribution is 5.04. The maximum absolute atomic E-state index is 9.49. The average Bonchev–Trinajstić information content (AvgIpc) is 2.68. The van der Waals surface area contributed by atoms with E-state index in [9.17, 15) is 5.26 Å². The predicted molar refractivity (Wildman–Crippen MR) is 62.9 cm³/mol. The lowest BCUT2D eigenvalue weighted by Gasteiger charge is -2.27. The van der Waals surface area contributed by atoms with Crippen molar-refractivity contribution in [1.82, 2.24) is 20.2 Å². The first-order chi connectivity index (χ1) is 8.24. The summed E-state index contributed by atoms with van der Waals surface area (Å²) >= 11 is 0. The molecule has 0 bridgehead atoms. The molecule has 1 aliphatic rings. The zero-order valence-electron chi connectivity index (χ0n) is 10.4. The number of nitrogens with zero attached hydrogens (tertiary/aromatic N) is 5. The molecule has 1 fully saturated rings. The fourth-order valence-corrected chi connectivity index (χ4v) is 2.61. The van der Waals surface area contributed by atoms with Gasteiger partial charge in [-0.15, -0.1) is 10.2 Å². The van der Waals surface area contributed by atoms with Crippen molar-refractivity contribution in [3.8, 4) is 6.07 Å². The first-order valence-corrected chi connectivity index (χ1v) is 6.38. The molecular weight excluding hydrogens is 214 g/mol. The van der Waals surface area contributed by atoms with E-state index < -0.39 is 0 Å². The van der Waals surface area contributed by atoms with Crippen molar-refractivity contribution in [1.29, 1.82) is 5.26 Å². The average molecular weight is 233 g/mol. The molecule has 5 heteroatoms. The Morgan fingerprint density at radius 3 is 2.41 bits per heavy atom. The van der Waals surface area contributed by atoms with Gasteiger partial charge in [-0.05, 0) is 18.1 Å². The zero-order chi connectivity index (χ0) is 12.1. The molecule has 0 saturated heterocycles. The summed E-state index contributed by atoms with van der Waals surface area (Å²) in [5.41, 5.74) is -0.260. The van der Waals surface area contributed by atoms with Gasteiger partial charge in [0.1, 0.15) is 0 Å². The molecule has 0 amide bonds. The van der Waals surface area contributed by atoms with Crippen LogP contribution in [0.2, 0.25) is 0 Å². The van der Waals surface area contributed by atoms with Gasteiger partial charge in [-0.2, -0.15) is 10.1 Å². The van der Waals surface area contributed by atoms with Crippen LogP contribution in [0.15, 0.2) is 0 Å². The molecule has 0 aromatic carbocycles. The first kappa shape index (κ1) is 12.0. The minimum atomic E-state index is -0.260. The van der Waals surface area contributed by atoms with Crippen LogP contribution >= 0.6 is 0 Å². The largest absolute Gasteiger partial charge is 0.198 e. The van der Waals surface area contributed by atoms with Crippen molar-refractivity contribution < 1.29 is 0 Å². The second kappa shape index (κ2) is 5.26. The lowest BCUT2D eigenvalue weighted by atomic mass is 9.75. The highest BCUT2D eigenvalue weighted by Gasteiger charge is 2.32. The minimum absolute atomic E-state index is 0.260. The Morgan fingerprint density at radius 2 is 1.88 bits per heavy atom. The fraction of sp³-hybridized carbons (Fsp3) is 0.833. The summed E-state index contributed by atoms with van der Waals surface area (Å²) in [6.45, 7) is 0. The van der Waals surface area contributed by atoms with Crippen LogP contribution in [-0.4, -0.2) is 20.2 Å². The SMILES string of the molecule is Cn1nnc(CC2(C#N)CCCCCCC2)n1. The van der Waals surface area contributed by atoms with Crippen molar-refractivity contribution in [2.45, 2.75) is 51.4 Å². The molecule has 2 rings (SSSR count). The Hall–Kier alpha value is -1.44. The first-order valence-electron chi connectivity index (χ1n) is 6.38. The summed E-state index contributed by atoms with van der Waals surface area (Å²) in [6.07, 6.45) is 8.70. The summed E-state index contributed by atoms with van der Waals surface area (Å²) in [7, 11) is 1.76. The number of tetrazole rings is 1. The van der Waals surface area contributed by atoms with Gasteiger partial charge >= 0.3 is 0 Å². The topological polar surface area (TPSA) is 67.4 Å². The molecule has 0 atom stereocenters. The maximum atomic E-state index is 9.49. The molecule has 0 unspecified atom stereocenters. The molecule has 92 valence electrons. The fourth-order valence-electron chi connectivity index (χ4n) is 2.61. The molecule has 0 spiro atoms. The van der Waals surface area contributed by atoms with E-state index in [1.807, 2.05) is 0 Å². The molecule has 1 aliphatic carbocycles. The van der Waals surface area contributed by atoms with Gasteiger partial charge in [0.25, 0.3) is 0 Å². The van der Waals surface area contributed by atoms with E-state index in [-0.39, 0.29) is 5.41 Å². The number of nitriles is 1. The number of aromatic nitrogens is 4. The van der Waals surface area contributed by atoms with Gasteiger partial charge in [-0.1, -0.05) is 32.1 Å². The summed E-state index contributed by atoms with van der Waals surface area (Å²) < 4.78 is 0. The quantitative estimate of drug-likeness (QED) is 0.783. The third-order valence-electron chi connectivity index (χ3n) is 3.59. The van der Waals surface area contributed by atoms with Crippen LogP contribution in [-0.2, 0) is 13.5 Å². The van der Waals surface area contributed by atoms with Gasteiger partial charge < -0.3 is 0 Å². The van der Waals surface area contributed by atoms with Crippen molar-refractivity contribution in [3.05, 3.63) is 5.82 Å². The molecule has 0 radical (unpaired) electrons. The lowest BCUT2D eigenvalue weighted by molar-refractivity contribution is 0.282. The third kappa shape index (κ3) is 3.02. The third-order valence-corrected chi connectivity index (χ3v) is 3.59. The second-order valence-electron chi connectivity index (χ2n) is 5.03. The molecule has 1 aromatic rings. The highest BCUT2D eigenvalue weighted by Crippen LogP contribution is 2.35. The normalized spacial score (nSPS) is 20.2. The molecule has 5 nitrogen and oxygen atoms in total. The van der Waals surface area contributed by atoms with Gasteiger partial charge in [0, 0.05) is 6.42 Å². The molecule has 17 heavy (non-hydrogen) atoms. The minimum Gasteiger partial charge on any atom is -0.198 e. The Labute approximate surface area is 102 Å². The van der Waals surface area contributed by atoms with Gasteiger partial charge in [0.05, 0.1) is 18.5 Å². The van der Waals surface area contributed by atoms with E-state index in [1.165, 1.54) is 24.1 Å². The maximum Gasteiger partial charge on any atom is 0.176 e. The van der Waals surface area contributed by atoms with E-state index in [0.29, 0.717) is 12.2 Å². The van der Waals surface area contributed by atoms with Gasteiger partial charge in [0.2, 0.25) is 0 Å². The standard InChI is InChI=1S/C12H19N5/c1-17-15-11(14-16-17)9-12(10-13)7-5-3-2-4-6-8-12/h2-9H2,1H3. The summed E-state index contributed by atoms with van der Waals surface area (Å²) in [6, 6.07) is 2.53. The van der Waals surface area contributed by atoms with Crippen LogP contribution in [0.5, 0.6) is 0 Å². The van der Waals surface area contributed by atoms with Crippen molar-refractivity contribution >= 4 is 0 Å². The Morgan fingerprint density at radius 1 is 1.24 bits per heavy atom. The Kier molecular flexibility index (Phi) is 3.72. The second-order valence-corrected chi connectivity index (χ2v) is 5.03.